The van der Waals surface area contributed by atoms with E-state index in [1.54, 1.807) is 0 Å². The minimum Gasteiger partial charge on any atom is -0.388 e. The lowest BCUT2D eigenvalue weighted by Gasteiger charge is -2.56. The van der Waals surface area contributed by atoms with Gasteiger partial charge in [-0.15, -0.1) is 0 Å². The Morgan fingerprint density at radius 2 is 1.96 bits per heavy atom. The van der Waals surface area contributed by atoms with Gasteiger partial charge in [0.1, 0.15) is 5.78 Å². The smallest absolute Gasteiger partial charge is 0.169 e. The van der Waals surface area contributed by atoms with E-state index in [1.807, 2.05) is 37.3 Å². The van der Waals surface area contributed by atoms with Gasteiger partial charge >= 0.3 is 0 Å². The molecule has 0 spiro atoms. The van der Waals surface area contributed by atoms with Crippen LogP contribution in [-0.4, -0.2) is 22.3 Å². The number of rotatable bonds is 4. The lowest BCUT2D eigenvalue weighted by atomic mass is 9.49. The molecule has 2 aliphatic rings. The molecule has 0 bridgehead atoms. The van der Waals surface area contributed by atoms with Crippen molar-refractivity contribution in [2.24, 2.45) is 17.3 Å². The summed E-state index contributed by atoms with van der Waals surface area (Å²) in [4.78, 5) is 26.0. The zero-order valence-electron chi connectivity index (χ0n) is 14.8. The van der Waals surface area contributed by atoms with Gasteiger partial charge < -0.3 is 5.11 Å². The molecule has 0 amide bonds. The second-order valence-corrected chi connectivity index (χ2v) is 7.83. The fourth-order valence-corrected chi connectivity index (χ4v) is 5.09. The monoisotopic (exact) mass is 328 g/mol. The van der Waals surface area contributed by atoms with Gasteiger partial charge in [0, 0.05) is 12.0 Å². The highest BCUT2D eigenvalue weighted by Gasteiger charge is 2.63. The number of aliphatic hydroxyl groups is 1. The van der Waals surface area contributed by atoms with Crippen molar-refractivity contribution in [3.05, 3.63) is 35.9 Å². The molecule has 0 heterocycles. The van der Waals surface area contributed by atoms with Gasteiger partial charge in [-0.25, -0.2) is 0 Å². The van der Waals surface area contributed by atoms with Crippen molar-refractivity contribution < 1.29 is 14.7 Å². The molecular weight excluding hydrogens is 300 g/mol. The van der Waals surface area contributed by atoms with Crippen LogP contribution in [0.2, 0.25) is 0 Å². The van der Waals surface area contributed by atoms with E-state index in [9.17, 15) is 14.7 Å². The highest BCUT2D eigenvalue weighted by atomic mass is 16.3. The van der Waals surface area contributed by atoms with Crippen LogP contribution in [0.3, 0.4) is 0 Å². The van der Waals surface area contributed by atoms with Crippen molar-refractivity contribution in [1.82, 2.24) is 0 Å². The Morgan fingerprint density at radius 1 is 1.25 bits per heavy atom. The Bertz CT molecular complexity index is 623. The van der Waals surface area contributed by atoms with E-state index in [0.717, 1.165) is 19.3 Å². The first-order chi connectivity index (χ1) is 11.4. The minimum absolute atomic E-state index is 0.0113. The summed E-state index contributed by atoms with van der Waals surface area (Å²) in [5.41, 5.74) is -1.32. The molecule has 1 N–H and O–H groups in total. The van der Waals surface area contributed by atoms with Crippen molar-refractivity contribution in [3.63, 3.8) is 0 Å². The van der Waals surface area contributed by atoms with Gasteiger partial charge in [0.05, 0.1) is 16.9 Å². The third-order valence-corrected chi connectivity index (χ3v) is 6.53. The summed E-state index contributed by atoms with van der Waals surface area (Å²) >= 11 is 0. The standard InChI is InChI=1S/C21H28O3/c1-3-8-15-12-14-20(2)17(22)11-7-13-21(20,24)18(15)19(23)16-9-5-4-6-10-16/h4-6,9-10,15,18,24H,3,7-8,11-14H2,1-2H3/t15-,18-,20-,21+/m0/s1. The number of carbonyl (C=O) groups is 2. The minimum atomic E-state index is -1.20. The molecule has 2 fully saturated rings. The quantitative estimate of drug-likeness (QED) is 0.843. The highest BCUT2D eigenvalue weighted by Crippen LogP contribution is 2.57. The topological polar surface area (TPSA) is 54.4 Å². The lowest BCUT2D eigenvalue weighted by molar-refractivity contribution is -0.182. The number of Topliss-reactive ketones (excluding diaryl/α,β-unsaturated/α-hetero) is 2. The summed E-state index contributed by atoms with van der Waals surface area (Å²) in [6, 6.07) is 9.26. The van der Waals surface area contributed by atoms with Crippen LogP contribution in [0.1, 0.15) is 69.2 Å². The normalized spacial score (nSPS) is 36.2. The van der Waals surface area contributed by atoms with E-state index in [4.69, 9.17) is 0 Å². The molecule has 3 nitrogen and oxygen atoms in total. The first-order valence-corrected chi connectivity index (χ1v) is 9.29. The Balaban J connectivity index is 2.05. The zero-order chi connectivity index (χ0) is 17.4. The van der Waals surface area contributed by atoms with Crippen molar-refractivity contribution in [2.75, 3.05) is 0 Å². The van der Waals surface area contributed by atoms with Gasteiger partial charge in [0.15, 0.2) is 5.78 Å². The molecule has 0 unspecified atom stereocenters. The molecule has 4 atom stereocenters. The number of fused-ring (bicyclic) bond motifs is 1. The fourth-order valence-electron chi connectivity index (χ4n) is 5.09. The van der Waals surface area contributed by atoms with Gasteiger partial charge in [-0.1, -0.05) is 43.7 Å². The number of ketones is 2. The molecule has 1 aromatic rings. The van der Waals surface area contributed by atoms with Crippen molar-refractivity contribution in [1.29, 1.82) is 0 Å². The maximum atomic E-state index is 13.3. The summed E-state index contributed by atoms with van der Waals surface area (Å²) in [5, 5.41) is 11.7. The lowest BCUT2D eigenvalue weighted by Crippen LogP contribution is -2.64. The van der Waals surface area contributed by atoms with Gasteiger partial charge in [0.25, 0.3) is 0 Å². The van der Waals surface area contributed by atoms with Crippen LogP contribution in [0.4, 0.5) is 0 Å². The Hall–Kier alpha value is -1.48. The molecule has 2 aliphatic carbocycles. The van der Waals surface area contributed by atoms with Gasteiger partial charge in [-0.2, -0.15) is 0 Å². The van der Waals surface area contributed by atoms with Gasteiger partial charge in [-0.3, -0.25) is 9.59 Å². The van der Waals surface area contributed by atoms with E-state index < -0.39 is 16.9 Å². The first-order valence-electron chi connectivity index (χ1n) is 9.29. The van der Waals surface area contributed by atoms with E-state index >= 15 is 0 Å². The summed E-state index contributed by atoms with van der Waals surface area (Å²) in [7, 11) is 0. The van der Waals surface area contributed by atoms with Gasteiger partial charge in [-0.05, 0) is 44.9 Å². The molecule has 0 radical (unpaired) electrons. The summed E-state index contributed by atoms with van der Waals surface area (Å²) in [5.74, 6) is -0.163. The van der Waals surface area contributed by atoms with Crippen LogP contribution in [0.25, 0.3) is 0 Å². The molecule has 3 heteroatoms. The predicted octanol–water partition coefficient (Wildman–Crippen LogP) is 4.19. The molecule has 2 saturated carbocycles. The van der Waals surface area contributed by atoms with E-state index in [0.29, 0.717) is 31.2 Å². The molecule has 0 aliphatic heterocycles. The average molecular weight is 328 g/mol. The molecule has 3 rings (SSSR count). The molecular formula is C21H28O3. The third-order valence-electron chi connectivity index (χ3n) is 6.53. The van der Waals surface area contributed by atoms with Crippen molar-refractivity contribution in [2.45, 2.75) is 64.4 Å². The second-order valence-electron chi connectivity index (χ2n) is 7.83. The summed E-state index contributed by atoms with van der Waals surface area (Å²) in [6.45, 7) is 4.01. The number of hydrogen-bond acceptors (Lipinski definition) is 3. The summed E-state index contributed by atoms with van der Waals surface area (Å²) in [6.07, 6.45) is 5.23. The van der Waals surface area contributed by atoms with Crippen LogP contribution >= 0.6 is 0 Å². The maximum absolute atomic E-state index is 13.3. The molecule has 130 valence electrons. The predicted molar refractivity (Wildman–Crippen MR) is 93.8 cm³/mol. The van der Waals surface area contributed by atoms with Crippen LogP contribution in [0.15, 0.2) is 30.3 Å². The van der Waals surface area contributed by atoms with Crippen LogP contribution in [0, 0.1) is 17.3 Å². The zero-order valence-corrected chi connectivity index (χ0v) is 14.8. The second kappa shape index (κ2) is 6.44. The number of carbonyl (C=O) groups excluding carboxylic acids is 2. The van der Waals surface area contributed by atoms with Gasteiger partial charge in [0.2, 0.25) is 0 Å². The Labute approximate surface area is 144 Å². The van der Waals surface area contributed by atoms with Crippen molar-refractivity contribution in [3.8, 4) is 0 Å². The molecule has 0 aromatic heterocycles. The average Bonchev–Trinajstić information content (AvgIpc) is 2.58. The SMILES string of the molecule is CCC[C@H]1CC[C@@]2(C)C(=O)CCC[C@@]2(O)[C@@H]1C(=O)c1ccccc1. The van der Waals surface area contributed by atoms with E-state index in [2.05, 4.69) is 6.92 Å². The third kappa shape index (κ3) is 2.54. The Kier molecular flexibility index (Phi) is 4.65. The first kappa shape index (κ1) is 17.3. The van der Waals surface area contributed by atoms with Crippen LogP contribution in [0.5, 0.6) is 0 Å². The maximum Gasteiger partial charge on any atom is 0.169 e. The fraction of sp³-hybridized carbons (Fsp3) is 0.619. The highest BCUT2D eigenvalue weighted by molar-refractivity contribution is 6.00. The molecule has 24 heavy (non-hydrogen) atoms. The van der Waals surface area contributed by atoms with Crippen LogP contribution < -0.4 is 0 Å². The Morgan fingerprint density at radius 3 is 2.62 bits per heavy atom. The molecule has 1 aromatic carbocycles. The van der Waals surface area contributed by atoms with E-state index in [1.165, 1.54) is 0 Å². The molecule has 0 saturated heterocycles. The number of benzene rings is 1. The number of hydrogen-bond donors (Lipinski definition) is 1. The van der Waals surface area contributed by atoms with Crippen LogP contribution in [-0.2, 0) is 4.79 Å². The van der Waals surface area contributed by atoms with Crippen molar-refractivity contribution >= 4 is 11.6 Å². The largest absolute Gasteiger partial charge is 0.388 e. The summed E-state index contributed by atoms with van der Waals surface area (Å²) < 4.78 is 0. The van der Waals surface area contributed by atoms with E-state index in [-0.39, 0.29) is 17.5 Å².